The van der Waals surface area contributed by atoms with Crippen molar-refractivity contribution in [3.63, 3.8) is 0 Å². The molecule has 2 N–H and O–H groups in total. The molecule has 7 nitrogen and oxygen atoms in total. The van der Waals surface area contributed by atoms with Gasteiger partial charge in [0.1, 0.15) is 11.5 Å². The molecule has 0 bridgehead atoms. The molecule has 26 heavy (non-hydrogen) atoms. The number of hydrogen-bond acceptors (Lipinski definition) is 6. The van der Waals surface area contributed by atoms with Gasteiger partial charge in [0.25, 0.3) is 5.91 Å². The number of rotatable bonds is 6. The van der Waals surface area contributed by atoms with E-state index in [1.807, 2.05) is 19.1 Å². The molecule has 1 aromatic carbocycles. The van der Waals surface area contributed by atoms with Crippen LogP contribution < -0.4 is 14.9 Å². The van der Waals surface area contributed by atoms with Crippen LogP contribution in [-0.2, 0) is 0 Å². The maximum Gasteiger partial charge on any atom is 0.291 e. The number of hydrazone groups is 1. The molecule has 3 aromatic rings. The fourth-order valence-corrected chi connectivity index (χ4v) is 3.14. The highest BCUT2D eigenvalue weighted by atomic mass is 32.1. The van der Waals surface area contributed by atoms with Crippen molar-refractivity contribution in [2.45, 2.75) is 6.92 Å². The molecule has 0 radical (unpaired) electrons. The van der Waals surface area contributed by atoms with Crippen LogP contribution in [0, 0.1) is 6.92 Å². The summed E-state index contributed by atoms with van der Waals surface area (Å²) in [5.74, 6) is 0.888. The van der Waals surface area contributed by atoms with Crippen LogP contribution in [0.3, 0.4) is 0 Å². The van der Waals surface area contributed by atoms with Gasteiger partial charge in [0.15, 0.2) is 5.69 Å². The monoisotopic (exact) mass is 370 g/mol. The van der Waals surface area contributed by atoms with Gasteiger partial charge in [0.2, 0.25) is 0 Å². The topological polar surface area (TPSA) is 88.6 Å². The predicted molar refractivity (Wildman–Crippen MR) is 101 cm³/mol. The lowest BCUT2D eigenvalue weighted by molar-refractivity contribution is 0.0950. The van der Waals surface area contributed by atoms with Crippen LogP contribution in [-0.4, -0.2) is 36.5 Å². The molecule has 0 aliphatic heterocycles. The Balaban J connectivity index is 1.69. The van der Waals surface area contributed by atoms with Crippen molar-refractivity contribution in [1.82, 2.24) is 15.6 Å². The zero-order valence-electron chi connectivity index (χ0n) is 14.6. The summed E-state index contributed by atoms with van der Waals surface area (Å²) in [7, 11) is 3.14. The van der Waals surface area contributed by atoms with Crippen LogP contribution >= 0.6 is 11.3 Å². The van der Waals surface area contributed by atoms with Gasteiger partial charge in [0, 0.05) is 10.4 Å². The van der Waals surface area contributed by atoms with Crippen LogP contribution in [0.25, 0.3) is 10.6 Å². The summed E-state index contributed by atoms with van der Waals surface area (Å²) in [6, 6.07) is 11.0. The van der Waals surface area contributed by atoms with E-state index in [2.05, 4.69) is 20.7 Å². The summed E-state index contributed by atoms with van der Waals surface area (Å²) in [5.41, 5.74) is 4.21. The Morgan fingerprint density at radius 1 is 1.23 bits per heavy atom. The van der Waals surface area contributed by atoms with E-state index < -0.39 is 5.91 Å². The molecule has 0 unspecified atom stereocenters. The number of nitrogens with one attached hydrogen (secondary N) is 2. The molecule has 0 spiro atoms. The molecule has 0 saturated carbocycles. The zero-order valence-corrected chi connectivity index (χ0v) is 15.4. The van der Waals surface area contributed by atoms with Crippen molar-refractivity contribution in [3.05, 3.63) is 52.5 Å². The van der Waals surface area contributed by atoms with Gasteiger partial charge in [-0.25, -0.2) is 5.43 Å². The third-order valence-corrected chi connectivity index (χ3v) is 4.66. The number of H-pyrrole nitrogens is 1. The highest BCUT2D eigenvalue weighted by molar-refractivity contribution is 7.15. The molecular weight excluding hydrogens is 352 g/mol. The molecule has 0 fully saturated rings. The van der Waals surface area contributed by atoms with Crippen LogP contribution in [0.5, 0.6) is 11.5 Å². The van der Waals surface area contributed by atoms with Crippen molar-refractivity contribution in [1.29, 1.82) is 0 Å². The first-order valence-electron chi connectivity index (χ1n) is 7.78. The van der Waals surface area contributed by atoms with E-state index in [-0.39, 0.29) is 5.69 Å². The summed E-state index contributed by atoms with van der Waals surface area (Å²) in [5, 5.41) is 10.9. The number of thiophene rings is 1. The summed E-state index contributed by atoms with van der Waals surface area (Å²) in [6.45, 7) is 2.03. The lowest BCUT2D eigenvalue weighted by Crippen LogP contribution is -2.18. The number of methoxy groups -OCH3 is 2. The Bertz CT molecular complexity index is 946. The largest absolute Gasteiger partial charge is 0.497 e. The number of aromatic nitrogens is 2. The second-order valence-corrected chi connectivity index (χ2v) is 6.67. The highest BCUT2D eigenvalue weighted by Gasteiger charge is 2.12. The first-order valence-corrected chi connectivity index (χ1v) is 8.60. The Morgan fingerprint density at radius 3 is 2.77 bits per heavy atom. The third-order valence-electron chi connectivity index (χ3n) is 3.62. The third kappa shape index (κ3) is 3.92. The number of benzene rings is 1. The second kappa shape index (κ2) is 7.83. The predicted octanol–water partition coefficient (Wildman–Crippen LogP) is 3.23. The Morgan fingerprint density at radius 2 is 2.08 bits per heavy atom. The van der Waals surface area contributed by atoms with Gasteiger partial charge in [-0.15, -0.1) is 11.3 Å². The minimum Gasteiger partial charge on any atom is -0.497 e. The van der Waals surface area contributed by atoms with Gasteiger partial charge in [-0.3, -0.25) is 9.89 Å². The Labute approximate surface area is 154 Å². The van der Waals surface area contributed by atoms with Crippen LogP contribution in [0.4, 0.5) is 0 Å². The number of amides is 1. The smallest absolute Gasteiger partial charge is 0.291 e. The van der Waals surface area contributed by atoms with Crippen molar-refractivity contribution in [2.75, 3.05) is 14.2 Å². The molecule has 0 aliphatic rings. The number of carbonyl (C=O) groups is 1. The minimum atomic E-state index is -0.404. The summed E-state index contributed by atoms with van der Waals surface area (Å²) >= 11 is 1.63. The molecular formula is C18H18N4O3S. The first-order chi connectivity index (χ1) is 12.6. The molecule has 134 valence electrons. The van der Waals surface area contributed by atoms with E-state index in [1.54, 1.807) is 49.8 Å². The summed E-state index contributed by atoms with van der Waals surface area (Å²) in [4.78, 5) is 14.4. The van der Waals surface area contributed by atoms with E-state index in [9.17, 15) is 4.79 Å². The average Bonchev–Trinajstić information content (AvgIpc) is 3.30. The lowest BCUT2D eigenvalue weighted by atomic mass is 10.2. The fourth-order valence-electron chi connectivity index (χ4n) is 2.30. The SMILES string of the molecule is COc1ccc(OC)c(C=NNC(=O)c2cc(-c3ccc(C)s3)[nH]n2)c1. The zero-order chi connectivity index (χ0) is 18.5. The number of ether oxygens (including phenoxy) is 2. The van der Waals surface area contributed by atoms with E-state index in [4.69, 9.17) is 9.47 Å². The average molecular weight is 370 g/mol. The van der Waals surface area contributed by atoms with Crippen LogP contribution in [0.1, 0.15) is 20.9 Å². The number of carbonyl (C=O) groups excluding carboxylic acids is 1. The normalized spacial score (nSPS) is 10.9. The van der Waals surface area contributed by atoms with Crippen LogP contribution in [0.2, 0.25) is 0 Å². The standard InChI is InChI=1S/C18H18N4O3S/c1-11-4-7-17(26-11)14-9-15(21-20-14)18(23)22-19-10-12-8-13(24-2)5-6-16(12)25-3/h4-10H,1-3H3,(H,20,21)(H,22,23). The Hall–Kier alpha value is -3.13. The molecule has 1 amide bonds. The van der Waals surface area contributed by atoms with E-state index >= 15 is 0 Å². The van der Waals surface area contributed by atoms with Gasteiger partial charge in [-0.2, -0.15) is 10.2 Å². The quantitative estimate of drug-likeness (QED) is 0.515. The number of aryl methyl sites for hydroxylation is 1. The van der Waals surface area contributed by atoms with Gasteiger partial charge in [-0.1, -0.05) is 0 Å². The fraction of sp³-hybridized carbons (Fsp3) is 0.167. The molecule has 2 aromatic heterocycles. The molecule has 2 heterocycles. The van der Waals surface area contributed by atoms with E-state index in [0.717, 1.165) is 10.6 Å². The first kappa shape index (κ1) is 17.7. The van der Waals surface area contributed by atoms with Crippen molar-refractivity contribution in [2.24, 2.45) is 5.10 Å². The number of hydrogen-bond donors (Lipinski definition) is 2. The maximum atomic E-state index is 12.2. The van der Waals surface area contributed by atoms with Gasteiger partial charge >= 0.3 is 0 Å². The van der Waals surface area contributed by atoms with Crippen molar-refractivity contribution in [3.8, 4) is 22.1 Å². The van der Waals surface area contributed by atoms with Gasteiger partial charge in [-0.05, 0) is 43.3 Å². The van der Waals surface area contributed by atoms with Gasteiger partial charge < -0.3 is 9.47 Å². The summed E-state index contributed by atoms with van der Waals surface area (Å²) in [6.07, 6.45) is 1.50. The maximum absolute atomic E-state index is 12.2. The van der Waals surface area contributed by atoms with Crippen molar-refractivity contribution >= 4 is 23.5 Å². The van der Waals surface area contributed by atoms with E-state index in [0.29, 0.717) is 17.1 Å². The Kier molecular flexibility index (Phi) is 5.33. The van der Waals surface area contributed by atoms with E-state index in [1.165, 1.54) is 11.1 Å². The molecule has 3 rings (SSSR count). The molecule has 0 saturated heterocycles. The highest BCUT2D eigenvalue weighted by Crippen LogP contribution is 2.26. The molecule has 0 aliphatic carbocycles. The minimum absolute atomic E-state index is 0.265. The summed E-state index contributed by atoms with van der Waals surface area (Å²) < 4.78 is 10.4. The molecule has 8 heteroatoms. The van der Waals surface area contributed by atoms with Gasteiger partial charge in [0.05, 0.1) is 31.0 Å². The second-order valence-electron chi connectivity index (χ2n) is 5.38. The lowest BCUT2D eigenvalue weighted by Gasteiger charge is -2.06. The molecule has 0 atom stereocenters. The van der Waals surface area contributed by atoms with Crippen molar-refractivity contribution < 1.29 is 14.3 Å². The van der Waals surface area contributed by atoms with Crippen LogP contribution in [0.15, 0.2) is 41.5 Å². The number of aromatic amines is 1. The number of nitrogens with zero attached hydrogens (tertiary/aromatic N) is 2.